The number of methoxy groups -OCH3 is 4. The lowest BCUT2D eigenvalue weighted by molar-refractivity contribution is -0.342. The van der Waals surface area contributed by atoms with Crippen molar-refractivity contribution < 1.29 is 107 Å². The van der Waals surface area contributed by atoms with Crippen LogP contribution in [0.1, 0.15) is 103 Å². The van der Waals surface area contributed by atoms with Crippen LogP contribution in [0, 0.1) is 51.4 Å². The molecule has 2 saturated carbocycles. The summed E-state index contributed by atoms with van der Waals surface area (Å²) >= 11 is 2.83. The Balaban J connectivity index is 1.03. The molecule has 500 valence electrons. The van der Waals surface area contributed by atoms with Crippen LogP contribution in [0.15, 0.2) is 23.3 Å². The second-order valence-corrected chi connectivity index (χ2v) is 29.5. The topological polar surface area (TPSA) is 324 Å². The largest absolute Gasteiger partial charge is 0.492 e. The predicted molar refractivity (Wildman–Crippen MR) is 339 cm³/mol. The molecule has 0 bridgehead atoms. The zero-order chi connectivity index (χ0) is 65.9. The number of hydrogen-bond donors (Lipinski definition) is 8. The molecule has 90 heavy (non-hydrogen) atoms. The van der Waals surface area contributed by atoms with Crippen molar-refractivity contribution in [3.63, 3.8) is 0 Å². The maximum atomic E-state index is 14.5. The second-order valence-electron chi connectivity index (χ2n) is 24.3. The van der Waals surface area contributed by atoms with Crippen LogP contribution in [0.3, 0.4) is 0 Å². The average Bonchev–Trinajstić information content (AvgIpc) is 1.40. The Bertz CT molecular complexity index is 2980. The third kappa shape index (κ3) is 15.1. The third-order valence-electron chi connectivity index (χ3n) is 17.5. The predicted octanol–water partition coefficient (Wildman–Crippen LogP) is 4.16. The monoisotopic (exact) mass is 1430 g/mol. The summed E-state index contributed by atoms with van der Waals surface area (Å²) in [6.07, 6.45) is -13.7. The molecule has 0 radical (unpaired) electrons. The number of thioether (sulfide) groups is 1. The number of nitrogens with one attached hydrogen (secondary N) is 2. The highest BCUT2D eigenvalue weighted by Crippen LogP contribution is 2.70. The van der Waals surface area contributed by atoms with Crippen LogP contribution < -0.4 is 25.0 Å². The standard InChI is InChI=1S/C62H85IN2O22S3/c1-14-64-36-27-80-42(24-40(36)76-10)85-54-49(72)47(65-87-43-23-37(67)56(33(7)81-43)89-57(74)44-30(4)46(63)52(55(79-13)51(44)77-11)86-58-50(73)53(78-12)48(71)32(6)83-58)31(5)82-59(54)84-39-17-15-16-28(2)18-20-61-35(22-29(3)66)38(68)25-62(61,75)34(45(39)61)19-21-88-90-60(8,9)26-41(69)70/h16,19,31-33,35-37,39-40,42-43,45,47-50,53-54,56,58-59,64-65,67,71-73,75H,14,21-27H2,1-13H3,(H,69,70)/b28-16-,34-19+/t31-,32+,33-,35?,36+,37+,39+,40+,42+,43+,45?,47-,48+,49+,50-,53-,54-,56-,58+,59+,61?,62+/m1/s1. The van der Waals surface area contributed by atoms with Crippen molar-refractivity contribution in [2.45, 2.75) is 214 Å². The number of carboxylic acid groups (broad SMARTS) is 1. The van der Waals surface area contributed by atoms with Crippen molar-refractivity contribution in [3.8, 4) is 40.9 Å². The number of Topliss-reactive ketones (excluding diaryl/α,β-unsaturated/α-hetero) is 2. The molecule has 3 aliphatic carbocycles. The average molecular weight is 1430 g/mol. The summed E-state index contributed by atoms with van der Waals surface area (Å²) in [6, 6.07) is -1.25. The van der Waals surface area contributed by atoms with Gasteiger partial charge < -0.3 is 92.9 Å². The van der Waals surface area contributed by atoms with Gasteiger partial charge in [-0.05, 0) is 102 Å². The SMILES string of the molecule is CCN[C@H]1CO[C@@H](O[C@H]2[C@H](O[C@H]3C#C/C=C(/C)C#CC45C(CC(C)=O)C(=O)C[C@]4(O)/C(=C/CSSC(C)(C)CC(=O)O)C35)O[C@H](C)[C@@H](NO[C@H]3C[C@H](O)[C@H](SC(=O)c4c(C)c(I)c(O[C@@H]5O[C@@H](C)[C@H](O)[C@@H](OC)[C@H]5O)c(OC)c4OC)[C@@H](C)O3)[C@@H]2O)C[C@@H]1OC. The van der Waals surface area contributed by atoms with Gasteiger partial charge in [0.1, 0.15) is 53.8 Å². The first-order valence-corrected chi connectivity index (χ1v) is 34.2. The molecule has 1 aromatic rings. The molecule has 1 spiro atoms. The van der Waals surface area contributed by atoms with Gasteiger partial charge in [-0.15, -0.1) is 0 Å². The van der Waals surface area contributed by atoms with E-state index in [0.29, 0.717) is 26.8 Å². The summed E-state index contributed by atoms with van der Waals surface area (Å²) in [6.45, 7) is 16.2. The van der Waals surface area contributed by atoms with Gasteiger partial charge in [0.15, 0.2) is 30.4 Å². The van der Waals surface area contributed by atoms with Crippen LogP contribution in [0.4, 0.5) is 0 Å². The van der Waals surface area contributed by atoms with E-state index in [4.69, 9.17) is 56.9 Å². The highest BCUT2D eigenvalue weighted by molar-refractivity contribution is 14.1. The number of aliphatic hydroxyl groups is 5. The minimum Gasteiger partial charge on any atom is -0.492 e. The van der Waals surface area contributed by atoms with Gasteiger partial charge in [-0.2, -0.15) is 5.48 Å². The summed E-state index contributed by atoms with van der Waals surface area (Å²) in [7, 11) is 8.41. The molecule has 3 unspecified atom stereocenters. The number of halogens is 1. The molecular formula is C62H85IN2O22S3. The maximum Gasteiger partial charge on any atom is 0.304 e. The molecule has 0 aromatic heterocycles. The molecule has 1 aromatic carbocycles. The van der Waals surface area contributed by atoms with E-state index < -0.39 is 136 Å². The minimum absolute atomic E-state index is 0.0254. The number of aliphatic hydroxyl groups excluding tert-OH is 4. The molecule has 24 nitrogen and oxygen atoms in total. The number of hydroxylamine groups is 1. The molecule has 7 aliphatic rings. The first kappa shape index (κ1) is 72.7. The number of carbonyl (C=O) groups is 4. The highest BCUT2D eigenvalue weighted by atomic mass is 127. The van der Waals surface area contributed by atoms with Crippen LogP contribution in [-0.4, -0.2) is 221 Å². The molecular weight excluding hydrogens is 1350 g/mol. The molecule has 0 amide bonds. The number of carbonyl (C=O) groups excluding carboxylic acids is 3. The number of ether oxygens (including phenoxy) is 11. The smallest absolute Gasteiger partial charge is 0.304 e. The van der Waals surface area contributed by atoms with Crippen LogP contribution in [0.2, 0.25) is 0 Å². The zero-order valence-corrected chi connectivity index (χ0v) is 57.3. The van der Waals surface area contributed by atoms with Crippen molar-refractivity contribution in [3.05, 3.63) is 38.0 Å². The van der Waals surface area contributed by atoms with Gasteiger partial charge in [-0.3, -0.25) is 19.2 Å². The van der Waals surface area contributed by atoms with Crippen molar-refractivity contribution in [1.29, 1.82) is 0 Å². The molecule has 4 aliphatic heterocycles. The fraction of sp³-hybridized carbons (Fsp3) is 0.710. The van der Waals surface area contributed by atoms with Gasteiger partial charge >= 0.3 is 5.97 Å². The number of benzene rings is 1. The van der Waals surface area contributed by atoms with Crippen LogP contribution in [0.25, 0.3) is 0 Å². The van der Waals surface area contributed by atoms with Gasteiger partial charge in [-0.25, -0.2) is 0 Å². The van der Waals surface area contributed by atoms with Gasteiger partial charge in [0.25, 0.3) is 0 Å². The van der Waals surface area contributed by atoms with Crippen molar-refractivity contribution in [2.75, 3.05) is 47.3 Å². The third-order valence-corrected chi connectivity index (χ3v) is 23.4. The molecule has 28 heteroatoms. The van der Waals surface area contributed by atoms with E-state index in [1.54, 1.807) is 53.9 Å². The molecule has 4 saturated heterocycles. The second kappa shape index (κ2) is 30.7. The fourth-order valence-electron chi connectivity index (χ4n) is 13.1. The lowest BCUT2D eigenvalue weighted by Crippen LogP contribution is -2.69. The molecule has 22 atom stereocenters. The van der Waals surface area contributed by atoms with Gasteiger partial charge in [-0.1, -0.05) is 70.0 Å². The van der Waals surface area contributed by atoms with Gasteiger partial charge in [0, 0.05) is 67.8 Å². The van der Waals surface area contributed by atoms with E-state index in [1.807, 2.05) is 43.4 Å². The van der Waals surface area contributed by atoms with Crippen LogP contribution >= 0.6 is 55.9 Å². The summed E-state index contributed by atoms with van der Waals surface area (Å²) in [4.78, 5) is 59.6. The Hall–Kier alpha value is -3.16. The Labute approximate surface area is 550 Å². The summed E-state index contributed by atoms with van der Waals surface area (Å²) in [5, 5.41) is 70.7. The number of rotatable bonds is 25. The Morgan fingerprint density at radius 2 is 1.61 bits per heavy atom. The zero-order valence-electron chi connectivity index (χ0n) is 52.7. The lowest BCUT2D eigenvalue weighted by atomic mass is 9.44. The van der Waals surface area contributed by atoms with Crippen LogP contribution in [0.5, 0.6) is 17.2 Å². The highest BCUT2D eigenvalue weighted by Gasteiger charge is 2.78. The van der Waals surface area contributed by atoms with Gasteiger partial charge in [0.05, 0.1) is 89.6 Å². The van der Waals surface area contributed by atoms with E-state index in [0.717, 1.165) is 11.8 Å². The number of ketones is 2. The van der Waals surface area contributed by atoms with E-state index in [2.05, 4.69) is 34.5 Å². The number of aliphatic carboxylic acids is 1. The van der Waals surface area contributed by atoms with Gasteiger partial charge in [0.2, 0.25) is 17.2 Å². The van der Waals surface area contributed by atoms with Crippen molar-refractivity contribution in [2.24, 2.45) is 17.3 Å². The number of allylic oxidation sites excluding steroid dienone is 2. The summed E-state index contributed by atoms with van der Waals surface area (Å²) in [5.74, 6) is 9.59. The van der Waals surface area contributed by atoms with E-state index in [9.17, 15) is 49.8 Å². The van der Waals surface area contributed by atoms with Crippen molar-refractivity contribution in [1.82, 2.24) is 10.8 Å². The normalized spacial score (nSPS) is 38.5. The first-order chi connectivity index (χ1) is 42.6. The van der Waals surface area contributed by atoms with E-state index >= 15 is 0 Å². The maximum absolute atomic E-state index is 14.5. The summed E-state index contributed by atoms with van der Waals surface area (Å²) in [5.41, 5.74) is 1.04. The molecule has 8 rings (SSSR count). The van der Waals surface area contributed by atoms with Crippen molar-refractivity contribution >= 4 is 78.6 Å². The Morgan fingerprint density at radius 1 is 0.900 bits per heavy atom. The lowest BCUT2D eigenvalue weighted by Gasteiger charge is -2.60. The Kier molecular flexibility index (Phi) is 24.8. The number of hydrogen-bond acceptors (Lipinski definition) is 26. The summed E-state index contributed by atoms with van der Waals surface area (Å²) < 4.78 is 67.6. The molecule has 8 N–H and O–H groups in total. The molecule has 4 heterocycles. The molecule has 6 fully saturated rings. The van der Waals surface area contributed by atoms with Crippen LogP contribution in [-0.2, 0) is 57.1 Å². The quantitative estimate of drug-likeness (QED) is 0.0170. The van der Waals surface area contributed by atoms with E-state index in [-0.39, 0.29) is 91.0 Å². The number of likely N-dealkylation sites (N-methyl/N-ethyl adjacent to an activating group) is 1. The van der Waals surface area contributed by atoms with E-state index in [1.165, 1.54) is 49.8 Å². The first-order valence-electron chi connectivity index (χ1n) is 29.9. The Morgan fingerprint density at radius 3 is 2.26 bits per heavy atom. The number of carboxylic acids is 1. The fourth-order valence-corrected chi connectivity index (χ4v) is 17.2. The minimum atomic E-state index is -1.84.